The highest BCUT2D eigenvalue weighted by Gasteiger charge is 2.64. The number of hydrogen-bond donors (Lipinski definition) is 2. The predicted octanol–water partition coefficient (Wildman–Crippen LogP) is 0.197. The van der Waals surface area contributed by atoms with Crippen molar-refractivity contribution >= 4 is 35.3 Å². The van der Waals surface area contributed by atoms with Gasteiger partial charge in [-0.3, -0.25) is 9.59 Å². The molecular weight excluding hydrogens is 322 g/mol. The number of rotatable bonds is 5. The van der Waals surface area contributed by atoms with Crippen molar-refractivity contribution in [3.63, 3.8) is 0 Å². The number of nitrogens with one attached hydrogen (secondary N) is 1. The standard InChI is InChI=1S/C14H19N3O5S/c1-6(2)7(16-22-5)10(18)15-8-11(19)17-9(13(20)21)14(3,4)23-12(8)17/h8-9,12H,1H2,2-5H3,(H,15,18)(H,20,21)/b16-7+/t8-,9+,12-/m1/s1. The second kappa shape index (κ2) is 5.88. The molecule has 0 bridgehead atoms. The first kappa shape index (κ1) is 17.3. The van der Waals surface area contributed by atoms with Gasteiger partial charge in [-0.2, -0.15) is 0 Å². The Morgan fingerprint density at radius 1 is 1.48 bits per heavy atom. The summed E-state index contributed by atoms with van der Waals surface area (Å²) in [5.74, 6) is -2.03. The third-order valence-electron chi connectivity index (χ3n) is 3.76. The normalized spacial score (nSPS) is 28.7. The Bertz CT molecular complexity index is 616. The summed E-state index contributed by atoms with van der Waals surface area (Å²) in [4.78, 5) is 41.8. The van der Waals surface area contributed by atoms with Crippen LogP contribution in [0.4, 0.5) is 0 Å². The lowest BCUT2D eigenvalue weighted by Crippen LogP contribution is -2.71. The molecule has 2 N–H and O–H groups in total. The lowest BCUT2D eigenvalue weighted by molar-refractivity contribution is -0.160. The second-order valence-corrected chi connectivity index (χ2v) is 7.72. The molecule has 0 aromatic rings. The zero-order valence-electron chi connectivity index (χ0n) is 13.3. The summed E-state index contributed by atoms with van der Waals surface area (Å²) in [5, 5.41) is 15.1. The maximum atomic E-state index is 12.3. The lowest BCUT2D eigenvalue weighted by Gasteiger charge is -2.43. The van der Waals surface area contributed by atoms with Crippen molar-refractivity contribution in [2.24, 2.45) is 5.16 Å². The van der Waals surface area contributed by atoms with Gasteiger partial charge in [0.05, 0.1) is 0 Å². The van der Waals surface area contributed by atoms with Gasteiger partial charge >= 0.3 is 5.97 Å². The second-order valence-electron chi connectivity index (χ2n) is 5.95. The van der Waals surface area contributed by atoms with E-state index in [2.05, 4.69) is 21.9 Å². The molecule has 2 aliphatic heterocycles. The number of hydrogen-bond acceptors (Lipinski definition) is 6. The molecule has 2 saturated heterocycles. The van der Waals surface area contributed by atoms with Crippen molar-refractivity contribution in [1.29, 1.82) is 0 Å². The maximum Gasteiger partial charge on any atom is 0.327 e. The Morgan fingerprint density at radius 2 is 2.09 bits per heavy atom. The van der Waals surface area contributed by atoms with E-state index in [1.807, 2.05) is 0 Å². The molecule has 0 aliphatic carbocycles. The summed E-state index contributed by atoms with van der Waals surface area (Å²) in [5.41, 5.74) is 0.395. The van der Waals surface area contributed by atoms with Crippen LogP contribution in [0.15, 0.2) is 17.3 Å². The van der Waals surface area contributed by atoms with Crippen LogP contribution < -0.4 is 5.32 Å². The van der Waals surface area contributed by atoms with Crippen LogP contribution in [0.2, 0.25) is 0 Å². The predicted molar refractivity (Wildman–Crippen MR) is 84.9 cm³/mol. The fraction of sp³-hybridized carbons (Fsp3) is 0.571. The molecule has 23 heavy (non-hydrogen) atoms. The van der Waals surface area contributed by atoms with Gasteiger partial charge in [-0.25, -0.2) is 4.79 Å². The number of aliphatic carboxylic acids is 1. The molecule has 0 aromatic heterocycles. The van der Waals surface area contributed by atoms with Gasteiger partial charge in [-0.15, -0.1) is 11.8 Å². The number of carboxylic acid groups (broad SMARTS) is 1. The molecule has 2 heterocycles. The van der Waals surface area contributed by atoms with Crippen molar-refractivity contribution < 1.29 is 24.3 Å². The van der Waals surface area contributed by atoms with Gasteiger partial charge in [0.15, 0.2) is 5.71 Å². The van der Waals surface area contributed by atoms with Gasteiger partial charge < -0.3 is 20.2 Å². The van der Waals surface area contributed by atoms with Gasteiger partial charge in [-0.1, -0.05) is 11.7 Å². The zero-order valence-corrected chi connectivity index (χ0v) is 14.1. The molecule has 2 amide bonds. The average molecular weight is 341 g/mol. The zero-order chi connectivity index (χ0) is 17.5. The molecule has 8 nitrogen and oxygen atoms in total. The average Bonchev–Trinajstić information content (AvgIpc) is 2.70. The number of β-lactam (4-membered cyclic amide) rings is 1. The number of oxime groups is 1. The number of carboxylic acids is 1. The topological polar surface area (TPSA) is 108 Å². The van der Waals surface area contributed by atoms with Gasteiger partial charge in [-0.05, 0) is 26.3 Å². The van der Waals surface area contributed by atoms with E-state index in [-0.39, 0.29) is 5.71 Å². The van der Waals surface area contributed by atoms with Gasteiger partial charge in [0, 0.05) is 4.75 Å². The largest absolute Gasteiger partial charge is 0.480 e. The number of fused-ring (bicyclic) bond motifs is 1. The first-order valence-corrected chi connectivity index (χ1v) is 7.80. The van der Waals surface area contributed by atoms with Crippen LogP contribution in [0.1, 0.15) is 20.8 Å². The molecule has 3 atom stereocenters. The minimum absolute atomic E-state index is 0.00390. The highest BCUT2D eigenvalue weighted by Crippen LogP contribution is 2.50. The Balaban J connectivity index is 2.15. The van der Waals surface area contributed by atoms with Crippen LogP contribution >= 0.6 is 11.8 Å². The van der Waals surface area contributed by atoms with Crippen LogP contribution in [-0.4, -0.2) is 62.8 Å². The molecule has 0 saturated carbocycles. The third kappa shape index (κ3) is 2.80. The van der Waals surface area contributed by atoms with E-state index >= 15 is 0 Å². The maximum absolute atomic E-state index is 12.3. The number of amides is 2. The number of nitrogens with zero attached hydrogens (tertiary/aromatic N) is 2. The summed E-state index contributed by atoms with van der Waals surface area (Å²) < 4.78 is -0.635. The molecular formula is C14H19N3O5S. The summed E-state index contributed by atoms with van der Waals surface area (Å²) in [6.07, 6.45) is 0. The first-order valence-electron chi connectivity index (χ1n) is 6.92. The SMILES string of the molecule is C=C(C)/C(=N\OC)C(=O)N[C@@H]1C(=O)N2[C@@H]1SC(C)(C)[C@@H]2C(=O)O. The van der Waals surface area contributed by atoms with Crippen LogP contribution in [0.3, 0.4) is 0 Å². The van der Waals surface area contributed by atoms with Gasteiger partial charge in [0.25, 0.3) is 5.91 Å². The summed E-state index contributed by atoms with van der Waals surface area (Å²) in [6, 6.07) is -1.69. The summed E-state index contributed by atoms with van der Waals surface area (Å²) in [6.45, 7) is 8.78. The van der Waals surface area contributed by atoms with Gasteiger partial charge in [0.2, 0.25) is 5.91 Å². The van der Waals surface area contributed by atoms with Crippen LogP contribution in [-0.2, 0) is 19.2 Å². The smallest absolute Gasteiger partial charge is 0.327 e. The van der Waals surface area contributed by atoms with E-state index in [0.717, 1.165) is 0 Å². The number of thioether (sulfide) groups is 1. The molecule has 126 valence electrons. The molecule has 9 heteroatoms. The first-order chi connectivity index (χ1) is 10.6. The van der Waals surface area contributed by atoms with E-state index in [1.165, 1.54) is 23.8 Å². The molecule has 0 radical (unpaired) electrons. The number of carbonyl (C=O) groups is 3. The van der Waals surface area contributed by atoms with Crippen LogP contribution in [0.25, 0.3) is 0 Å². The lowest BCUT2D eigenvalue weighted by atomic mass is 9.96. The Kier molecular flexibility index (Phi) is 4.43. The molecule has 2 aliphatic rings. The molecule has 0 unspecified atom stereocenters. The van der Waals surface area contributed by atoms with Crippen LogP contribution in [0, 0.1) is 0 Å². The van der Waals surface area contributed by atoms with Crippen molar-refractivity contribution in [3.05, 3.63) is 12.2 Å². The Hall–Kier alpha value is -2.03. The summed E-state index contributed by atoms with van der Waals surface area (Å²) >= 11 is 1.36. The van der Waals surface area contributed by atoms with Crippen molar-refractivity contribution in [2.75, 3.05) is 7.11 Å². The highest BCUT2D eigenvalue weighted by molar-refractivity contribution is 8.01. The van der Waals surface area contributed by atoms with E-state index in [0.29, 0.717) is 5.57 Å². The summed E-state index contributed by atoms with van der Waals surface area (Å²) in [7, 11) is 1.30. The van der Waals surface area contributed by atoms with E-state index in [9.17, 15) is 19.5 Å². The van der Waals surface area contributed by atoms with Crippen molar-refractivity contribution in [1.82, 2.24) is 10.2 Å². The van der Waals surface area contributed by atoms with E-state index in [4.69, 9.17) is 0 Å². The van der Waals surface area contributed by atoms with E-state index < -0.39 is 40.0 Å². The third-order valence-corrected chi connectivity index (χ3v) is 5.33. The van der Waals surface area contributed by atoms with Crippen molar-refractivity contribution in [2.45, 2.75) is 43.0 Å². The van der Waals surface area contributed by atoms with Crippen molar-refractivity contribution in [3.8, 4) is 0 Å². The van der Waals surface area contributed by atoms with Crippen LogP contribution in [0.5, 0.6) is 0 Å². The number of carbonyl (C=O) groups excluding carboxylic acids is 2. The molecule has 0 aromatic carbocycles. The molecule has 2 rings (SSSR count). The molecule has 2 fully saturated rings. The Labute approximate surface area is 137 Å². The minimum Gasteiger partial charge on any atom is -0.480 e. The minimum atomic E-state index is -1.05. The fourth-order valence-electron chi connectivity index (χ4n) is 2.76. The molecule has 0 spiro atoms. The fourth-order valence-corrected chi connectivity index (χ4v) is 4.38. The Morgan fingerprint density at radius 3 is 2.57 bits per heavy atom. The highest BCUT2D eigenvalue weighted by atomic mass is 32.2. The quantitative estimate of drug-likeness (QED) is 0.420. The van der Waals surface area contributed by atoms with E-state index in [1.54, 1.807) is 20.8 Å². The monoisotopic (exact) mass is 341 g/mol. The van der Waals surface area contributed by atoms with Gasteiger partial charge in [0.1, 0.15) is 24.6 Å².